The number of hydrogen-bond acceptors (Lipinski definition) is 3. The lowest BCUT2D eigenvalue weighted by atomic mass is 10.1. The Morgan fingerprint density at radius 3 is 1.56 bits per heavy atom. The molecule has 0 fully saturated rings. The fourth-order valence-electron chi connectivity index (χ4n) is 4.63. The summed E-state index contributed by atoms with van der Waals surface area (Å²) in [6, 6.07) is 12.6. The molecule has 0 saturated carbocycles. The summed E-state index contributed by atoms with van der Waals surface area (Å²) in [5.41, 5.74) is 5.11. The molecule has 0 heterocycles. The fourth-order valence-corrected chi connectivity index (χ4v) is 4.63. The maximum atomic E-state index is 6.44. The molecule has 3 heteroatoms. The predicted molar refractivity (Wildman–Crippen MR) is 98.2 cm³/mol. The Morgan fingerprint density at radius 1 is 0.720 bits per heavy atom. The van der Waals surface area contributed by atoms with Crippen molar-refractivity contribution in [3.8, 4) is 11.5 Å². The van der Waals surface area contributed by atoms with E-state index < -0.39 is 0 Å². The molecule has 3 nitrogen and oxygen atoms in total. The van der Waals surface area contributed by atoms with E-state index in [1.807, 2.05) is 0 Å². The molecule has 0 spiro atoms. The summed E-state index contributed by atoms with van der Waals surface area (Å²) in [7, 11) is 3.58. The van der Waals surface area contributed by atoms with Crippen molar-refractivity contribution in [3.63, 3.8) is 0 Å². The fraction of sp³-hybridized carbons (Fsp3) is 0.455. The molecule has 4 rings (SSSR count). The minimum absolute atomic E-state index is 0.165. The van der Waals surface area contributed by atoms with Crippen LogP contribution in [0, 0.1) is 11.8 Å². The van der Waals surface area contributed by atoms with E-state index in [1.54, 1.807) is 14.2 Å². The standard InChI is InChI=1S/C22H26O3/c1-13-11-17-15(21(13)23-3)7-5-9-19(17)25-20-10-6-8-16-18(20)12-14(2)22(16)24-4/h5-10,13-14,21-22H,11-12H2,1-4H3. The summed E-state index contributed by atoms with van der Waals surface area (Å²) >= 11 is 0. The number of hydrogen-bond donors (Lipinski definition) is 0. The first kappa shape index (κ1) is 16.6. The first-order valence-electron chi connectivity index (χ1n) is 9.11. The molecule has 0 N–H and O–H groups in total. The van der Waals surface area contributed by atoms with Crippen molar-refractivity contribution in [2.75, 3.05) is 14.2 Å². The van der Waals surface area contributed by atoms with Crippen molar-refractivity contribution in [1.29, 1.82) is 0 Å². The van der Waals surface area contributed by atoms with Crippen LogP contribution in [0.25, 0.3) is 0 Å². The average Bonchev–Trinajstić information content (AvgIpc) is 3.11. The normalized spacial score (nSPS) is 27.2. The van der Waals surface area contributed by atoms with Crippen molar-refractivity contribution < 1.29 is 14.2 Å². The Bertz CT molecular complexity index is 717. The van der Waals surface area contributed by atoms with Crippen LogP contribution in [0.2, 0.25) is 0 Å². The molecular weight excluding hydrogens is 312 g/mol. The number of ether oxygens (including phenoxy) is 3. The average molecular weight is 338 g/mol. The van der Waals surface area contributed by atoms with Gasteiger partial charge in [0.15, 0.2) is 0 Å². The Morgan fingerprint density at radius 2 is 1.16 bits per heavy atom. The monoisotopic (exact) mass is 338 g/mol. The van der Waals surface area contributed by atoms with E-state index in [2.05, 4.69) is 50.2 Å². The van der Waals surface area contributed by atoms with Crippen LogP contribution in [0.15, 0.2) is 36.4 Å². The summed E-state index contributed by atoms with van der Waals surface area (Å²) in [6.07, 6.45) is 2.32. The minimum atomic E-state index is 0.165. The van der Waals surface area contributed by atoms with Gasteiger partial charge in [0.1, 0.15) is 11.5 Å². The lowest BCUT2D eigenvalue weighted by Crippen LogP contribution is -2.05. The van der Waals surface area contributed by atoms with Gasteiger partial charge in [-0.15, -0.1) is 0 Å². The van der Waals surface area contributed by atoms with Crippen LogP contribution < -0.4 is 4.74 Å². The lowest BCUT2D eigenvalue weighted by Gasteiger charge is -2.16. The second-order valence-corrected chi connectivity index (χ2v) is 7.43. The van der Waals surface area contributed by atoms with E-state index in [1.165, 1.54) is 22.3 Å². The molecule has 0 amide bonds. The van der Waals surface area contributed by atoms with E-state index in [-0.39, 0.29) is 12.2 Å². The van der Waals surface area contributed by atoms with Crippen LogP contribution >= 0.6 is 0 Å². The molecule has 0 radical (unpaired) electrons. The maximum absolute atomic E-state index is 6.44. The smallest absolute Gasteiger partial charge is 0.131 e. The van der Waals surface area contributed by atoms with Gasteiger partial charge < -0.3 is 14.2 Å². The van der Waals surface area contributed by atoms with Crippen molar-refractivity contribution in [1.82, 2.24) is 0 Å². The van der Waals surface area contributed by atoms with Crippen LogP contribution in [-0.2, 0) is 22.3 Å². The second kappa shape index (κ2) is 6.47. The van der Waals surface area contributed by atoms with Gasteiger partial charge in [0, 0.05) is 25.3 Å². The van der Waals surface area contributed by atoms with Gasteiger partial charge in [-0.05, 0) is 47.9 Å². The van der Waals surface area contributed by atoms with Gasteiger partial charge >= 0.3 is 0 Å². The minimum Gasteiger partial charge on any atom is -0.457 e. The molecule has 2 aliphatic rings. The van der Waals surface area contributed by atoms with Gasteiger partial charge in [0.25, 0.3) is 0 Å². The summed E-state index contributed by atoms with van der Waals surface area (Å²) in [5.74, 6) is 2.88. The molecule has 25 heavy (non-hydrogen) atoms. The van der Waals surface area contributed by atoms with Gasteiger partial charge in [-0.25, -0.2) is 0 Å². The van der Waals surface area contributed by atoms with Gasteiger partial charge in [0.05, 0.1) is 12.2 Å². The first-order chi connectivity index (χ1) is 12.1. The van der Waals surface area contributed by atoms with Crippen molar-refractivity contribution in [2.24, 2.45) is 11.8 Å². The molecule has 132 valence electrons. The topological polar surface area (TPSA) is 27.7 Å². The Labute approximate surface area is 149 Å². The van der Waals surface area contributed by atoms with Crippen LogP contribution in [0.3, 0.4) is 0 Å². The third-order valence-electron chi connectivity index (χ3n) is 5.77. The van der Waals surface area contributed by atoms with Crippen LogP contribution in [0.5, 0.6) is 11.5 Å². The van der Waals surface area contributed by atoms with Crippen molar-refractivity contribution >= 4 is 0 Å². The predicted octanol–water partition coefficient (Wildman–Crippen LogP) is 5.24. The van der Waals surface area contributed by atoms with Gasteiger partial charge in [-0.1, -0.05) is 38.1 Å². The zero-order chi connectivity index (χ0) is 17.6. The van der Waals surface area contributed by atoms with E-state index in [9.17, 15) is 0 Å². The van der Waals surface area contributed by atoms with Crippen molar-refractivity contribution in [2.45, 2.75) is 38.9 Å². The van der Waals surface area contributed by atoms with Crippen LogP contribution in [0.1, 0.15) is 48.3 Å². The number of methoxy groups -OCH3 is 2. The molecule has 4 atom stereocenters. The molecule has 0 aromatic heterocycles. The molecule has 2 aliphatic carbocycles. The molecule has 2 aromatic carbocycles. The summed E-state index contributed by atoms with van der Waals surface area (Å²) in [6.45, 7) is 4.48. The maximum Gasteiger partial charge on any atom is 0.131 e. The highest BCUT2D eigenvalue weighted by atomic mass is 16.5. The summed E-state index contributed by atoms with van der Waals surface area (Å²) in [4.78, 5) is 0. The van der Waals surface area contributed by atoms with Crippen LogP contribution in [0.4, 0.5) is 0 Å². The summed E-state index contributed by atoms with van der Waals surface area (Å²) in [5, 5.41) is 0. The molecule has 2 aromatic rings. The second-order valence-electron chi connectivity index (χ2n) is 7.43. The highest BCUT2D eigenvalue weighted by Crippen LogP contribution is 2.46. The highest BCUT2D eigenvalue weighted by molar-refractivity contribution is 5.51. The molecular formula is C22H26O3. The number of benzene rings is 2. The molecule has 0 bridgehead atoms. The quantitative estimate of drug-likeness (QED) is 0.763. The lowest BCUT2D eigenvalue weighted by molar-refractivity contribution is 0.0695. The van der Waals surface area contributed by atoms with E-state index in [0.29, 0.717) is 11.8 Å². The largest absolute Gasteiger partial charge is 0.457 e. The molecule has 0 aliphatic heterocycles. The Kier molecular flexibility index (Phi) is 4.30. The third-order valence-corrected chi connectivity index (χ3v) is 5.77. The SMILES string of the molecule is COC1c2cccc(Oc3cccc4c3CC(C)C4OC)c2CC1C. The van der Waals surface area contributed by atoms with E-state index in [0.717, 1.165) is 24.3 Å². The number of rotatable bonds is 4. The van der Waals surface area contributed by atoms with Crippen LogP contribution in [-0.4, -0.2) is 14.2 Å². The molecule has 4 unspecified atom stereocenters. The Balaban J connectivity index is 1.70. The van der Waals surface area contributed by atoms with Gasteiger partial charge in [0.2, 0.25) is 0 Å². The van der Waals surface area contributed by atoms with Gasteiger partial charge in [-0.2, -0.15) is 0 Å². The number of fused-ring (bicyclic) bond motifs is 2. The van der Waals surface area contributed by atoms with Crippen molar-refractivity contribution in [3.05, 3.63) is 58.7 Å². The van der Waals surface area contributed by atoms with Gasteiger partial charge in [-0.3, -0.25) is 0 Å². The van der Waals surface area contributed by atoms with E-state index in [4.69, 9.17) is 14.2 Å². The third kappa shape index (κ3) is 2.66. The molecule has 0 saturated heterocycles. The Hall–Kier alpha value is -1.84. The zero-order valence-corrected chi connectivity index (χ0v) is 15.4. The highest BCUT2D eigenvalue weighted by Gasteiger charge is 2.34. The van der Waals surface area contributed by atoms with E-state index >= 15 is 0 Å². The summed E-state index contributed by atoms with van der Waals surface area (Å²) < 4.78 is 17.8. The first-order valence-corrected chi connectivity index (χ1v) is 9.11. The zero-order valence-electron chi connectivity index (χ0n) is 15.4.